The summed E-state index contributed by atoms with van der Waals surface area (Å²) in [5.74, 6) is -7.53. The fourth-order valence-corrected chi connectivity index (χ4v) is 11.5. The van der Waals surface area contributed by atoms with E-state index in [1.807, 2.05) is 60.6 Å². The second kappa shape index (κ2) is 19.2. The quantitative estimate of drug-likeness (QED) is 0.0975. The highest BCUT2D eigenvalue weighted by Gasteiger charge is 2.63. The lowest BCUT2D eigenvalue weighted by atomic mass is 9.72. The summed E-state index contributed by atoms with van der Waals surface area (Å²) in [6.45, 7) is 19.9. The average molecular weight is 875 g/mol. The lowest BCUT2D eigenvalue weighted by Crippen LogP contribution is -2.66. The molecular formula is C48H78N2O12. The van der Waals surface area contributed by atoms with Gasteiger partial charge in [-0.25, -0.2) is 0 Å². The number of carboxylic acids is 1. The van der Waals surface area contributed by atoms with Gasteiger partial charge in [0.05, 0.1) is 53.7 Å². The molecule has 6 rings (SSSR count). The molecule has 2 unspecified atom stereocenters. The Morgan fingerprint density at radius 2 is 1.53 bits per heavy atom. The molecule has 62 heavy (non-hydrogen) atoms. The van der Waals surface area contributed by atoms with Crippen molar-refractivity contribution in [2.45, 2.75) is 212 Å². The molecule has 2 spiro atoms. The minimum atomic E-state index is -1.46. The number of carbonyl (C=O) groups excluding carboxylic acids is 3. The first-order valence-electron chi connectivity index (χ1n) is 24.0. The highest BCUT2D eigenvalue weighted by atomic mass is 16.8. The number of Topliss-reactive ketones (excluding diaryl/α,β-unsaturated/α-hetero) is 1. The van der Waals surface area contributed by atoms with Crippen molar-refractivity contribution < 1.29 is 58.2 Å². The molecule has 5 fully saturated rings. The fraction of sp³-hybridized carbons (Fsp3) is 0.875. The van der Waals surface area contributed by atoms with Crippen molar-refractivity contribution in [3.05, 3.63) is 12.2 Å². The number of hydrogen-bond donors (Lipinski definition) is 5. The lowest BCUT2D eigenvalue weighted by molar-refractivity contribution is -0.398. The van der Waals surface area contributed by atoms with Gasteiger partial charge in [0.25, 0.3) is 0 Å². The fourth-order valence-electron chi connectivity index (χ4n) is 11.5. The molecule has 352 valence electrons. The third-order valence-corrected chi connectivity index (χ3v) is 16.2. The number of aliphatic carboxylic acids is 1. The molecule has 0 aromatic carbocycles. The Labute approximate surface area is 369 Å². The lowest BCUT2D eigenvalue weighted by Gasteiger charge is -2.55. The number of aliphatic hydroxyl groups excluding tert-OH is 1. The summed E-state index contributed by atoms with van der Waals surface area (Å²) in [5.41, 5.74) is -1.81. The molecule has 5 N–H and O–H groups in total. The maximum Gasteiger partial charge on any atom is 0.309 e. The second-order valence-corrected chi connectivity index (χ2v) is 20.6. The van der Waals surface area contributed by atoms with Gasteiger partial charge in [-0.1, -0.05) is 61.5 Å². The van der Waals surface area contributed by atoms with Gasteiger partial charge in [0, 0.05) is 36.6 Å². The van der Waals surface area contributed by atoms with Crippen molar-refractivity contribution in [2.24, 2.45) is 47.3 Å². The standard InChI is InChI=1S/C48H78N2O12/c1-11-33(44(55)56)35-17-14-26(4)40(59-35)30(8)38(51)29(7)39(52)34(12-2)41-27(5)24-28(6)47(60-41)21-18-36(50-43(54)42(53)49-25-32-15-16-32)48(62-47)23-22-45(10,61-48)37-19-20-46(57,13-3)31(9)58-37/h18,21,26-38,40-41,51,57H,11-17,19-20,22-25H2,1-10H3,(H,49,53)(H,50,54)(H,55,56)/t26-,27-,28+,29-,30-,31-,33+,34?,35+,36?,37+,38+,40+,41-,45-,46+,47-,48-/m0/s1. The maximum absolute atomic E-state index is 14.7. The summed E-state index contributed by atoms with van der Waals surface area (Å²) in [4.78, 5) is 53.2. The molecule has 0 aromatic heterocycles. The van der Waals surface area contributed by atoms with Crippen LogP contribution in [0.15, 0.2) is 12.2 Å². The number of ether oxygens (including phenoxy) is 5. The van der Waals surface area contributed by atoms with Crippen LogP contribution in [0.1, 0.15) is 146 Å². The van der Waals surface area contributed by atoms with Gasteiger partial charge in [0.1, 0.15) is 11.8 Å². The Bertz CT molecular complexity index is 1660. The summed E-state index contributed by atoms with van der Waals surface area (Å²) in [6.07, 6.45) is 7.87. The van der Waals surface area contributed by atoms with Gasteiger partial charge in [0.15, 0.2) is 11.6 Å². The Morgan fingerprint density at radius 3 is 2.15 bits per heavy atom. The van der Waals surface area contributed by atoms with E-state index in [1.54, 1.807) is 6.92 Å². The van der Waals surface area contributed by atoms with E-state index < -0.39 is 101 Å². The molecule has 6 aliphatic rings. The number of aliphatic hydroxyl groups is 2. The monoisotopic (exact) mass is 875 g/mol. The van der Waals surface area contributed by atoms with Crippen LogP contribution >= 0.6 is 0 Å². The van der Waals surface area contributed by atoms with Gasteiger partial charge in [0.2, 0.25) is 0 Å². The summed E-state index contributed by atoms with van der Waals surface area (Å²) >= 11 is 0. The Balaban J connectivity index is 1.23. The molecule has 4 saturated heterocycles. The van der Waals surface area contributed by atoms with Gasteiger partial charge < -0.3 is 49.6 Å². The molecular weight excluding hydrogens is 797 g/mol. The van der Waals surface area contributed by atoms with Crippen LogP contribution in [-0.4, -0.2) is 111 Å². The van der Waals surface area contributed by atoms with E-state index >= 15 is 0 Å². The van der Waals surface area contributed by atoms with Crippen LogP contribution in [0.4, 0.5) is 0 Å². The summed E-state index contributed by atoms with van der Waals surface area (Å²) in [6, 6.07) is -0.858. The number of ketones is 1. The molecule has 5 heterocycles. The minimum absolute atomic E-state index is 0.0551. The van der Waals surface area contributed by atoms with Gasteiger partial charge in [-0.3, -0.25) is 19.2 Å². The number of hydrogen-bond acceptors (Lipinski definition) is 11. The second-order valence-electron chi connectivity index (χ2n) is 20.6. The molecule has 14 heteroatoms. The van der Waals surface area contributed by atoms with Crippen LogP contribution < -0.4 is 10.6 Å². The highest BCUT2D eigenvalue weighted by Crippen LogP contribution is 2.54. The van der Waals surface area contributed by atoms with Crippen molar-refractivity contribution in [1.82, 2.24) is 10.6 Å². The molecule has 0 bridgehead atoms. The van der Waals surface area contributed by atoms with E-state index in [-0.39, 0.29) is 29.6 Å². The minimum Gasteiger partial charge on any atom is -0.481 e. The molecule has 0 aromatic rings. The van der Waals surface area contributed by atoms with Crippen molar-refractivity contribution in [2.75, 3.05) is 6.54 Å². The zero-order chi connectivity index (χ0) is 45.5. The molecule has 0 radical (unpaired) electrons. The molecule has 1 aliphatic carbocycles. The zero-order valence-electron chi connectivity index (χ0n) is 39.0. The van der Waals surface area contributed by atoms with Crippen LogP contribution in [0, 0.1) is 47.3 Å². The summed E-state index contributed by atoms with van der Waals surface area (Å²) in [5, 5.41) is 38.6. The number of carboxylic acid groups (broad SMARTS) is 1. The van der Waals surface area contributed by atoms with Crippen LogP contribution in [0.2, 0.25) is 0 Å². The van der Waals surface area contributed by atoms with Crippen molar-refractivity contribution in [3.63, 3.8) is 0 Å². The first kappa shape index (κ1) is 49.0. The normalized spacial score (nSPS) is 42.2. The van der Waals surface area contributed by atoms with E-state index in [9.17, 15) is 34.5 Å². The van der Waals surface area contributed by atoms with Crippen molar-refractivity contribution in [3.8, 4) is 0 Å². The topological polar surface area (TPSA) is 199 Å². The Kier molecular flexibility index (Phi) is 15.1. The van der Waals surface area contributed by atoms with E-state index in [1.165, 1.54) is 0 Å². The van der Waals surface area contributed by atoms with Crippen molar-refractivity contribution in [1.29, 1.82) is 0 Å². The van der Waals surface area contributed by atoms with Gasteiger partial charge >= 0.3 is 17.8 Å². The number of amides is 2. The molecule has 14 nitrogen and oxygen atoms in total. The highest BCUT2D eigenvalue weighted by molar-refractivity contribution is 6.35. The van der Waals surface area contributed by atoms with E-state index in [2.05, 4.69) is 24.5 Å². The molecule has 1 saturated carbocycles. The van der Waals surface area contributed by atoms with E-state index in [0.29, 0.717) is 70.3 Å². The predicted molar refractivity (Wildman–Crippen MR) is 230 cm³/mol. The van der Waals surface area contributed by atoms with Crippen LogP contribution in [0.5, 0.6) is 0 Å². The van der Waals surface area contributed by atoms with Gasteiger partial charge in [-0.2, -0.15) is 0 Å². The van der Waals surface area contributed by atoms with E-state index in [0.717, 1.165) is 19.3 Å². The largest absolute Gasteiger partial charge is 0.481 e. The number of carbonyl (C=O) groups is 4. The molecule has 2 amide bonds. The summed E-state index contributed by atoms with van der Waals surface area (Å²) < 4.78 is 34.4. The predicted octanol–water partition coefficient (Wildman–Crippen LogP) is 5.84. The molecule has 18 atom stereocenters. The first-order chi connectivity index (χ1) is 29.2. The Hall–Kier alpha value is -2.46. The van der Waals surface area contributed by atoms with E-state index in [4.69, 9.17) is 23.7 Å². The number of rotatable bonds is 15. The smallest absolute Gasteiger partial charge is 0.309 e. The first-order valence-corrected chi connectivity index (χ1v) is 24.0. The number of nitrogens with one attached hydrogen (secondary N) is 2. The van der Waals surface area contributed by atoms with Gasteiger partial charge in [-0.15, -0.1) is 0 Å². The maximum atomic E-state index is 14.7. The SMILES string of the molecule is CCC(C(=O)[C@@H](C)[C@@H](O)[C@H](C)[C@@H]1O[C@@H]([C@@H](CC)C(=O)O)CC[C@@H]1C)[C@H]1O[C@]2(C=CC(NC(=O)C(=O)NCC3CC3)[C@]3(CC[C@@](C)([C@H]4CC[C@](O)(CC)[C@H](C)O4)O3)O2)[C@H](C)C[C@@H]1C. The molecule has 5 aliphatic heterocycles. The van der Waals surface area contributed by atoms with Gasteiger partial charge in [-0.05, 0) is 108 Å². The average Bonchev–Trinajstić information content (AvgIpc) is 4.01. The zero-order valence-corrected chi connectivity index (χ0v) is 39.0. The Morgan fingerprint density at radius 1 is 0.839 bits per heavy atom. The third kappa shape index (κ3) is 9.72. The van der Waals surface area contributed by atoms with Crippen LogP contribution in [0.25, 0.3) is 0 Å². The third-order valence-electron chi connectivity index (χ3n) is 16.2. The van der Waals surface area contributed by atoms with Crippen LogP contribution in [0.3, 0.4) is 0 Å². The van der Waals surface area contributed by atoms with Crippen molar-refractivity contribution >= 4 is 23.6 Å². The summed E-state index contributed by atoms with van der Waals surface area (Å²) in [7, 11) is 0. The van der Waals surface area contributed by atoms with Crippen LogP contribution in [-0.2, 0) is 42.9 Å².